The van der Waals surface area contributed by atoms with Gasteiger partial charge in [0.05, 0.1) is 12.2 Å². The number of likely N-dealkylation sites (N-methyl/N-ethyl adjacent to an activating group) is 1. The normalized spacial score (nSPS) is 22.0. The van der Waals surface area contributed by atoms with Crippen LogP contribution in [-0.4, -0.2) is 75.9 Å². The van der Waals surface area contributed by atoms with E-state index >= 15 is 0 Å². The fourth-order valence-electron chi connectivity index (χ4n) is 3.81. The van der Waals surface area contributed by atoms with E-state index in [9.17, 15) is 4.79 Å². The molecule has 7 nitrogen and oxygen atoms in total. The van der Waals surface area contributed by atoms with Crippen LogP contribution in [0.25, 0.3) is 0 Å². The Kier molecular flexibility index (Phi) is 9.91. The van der Waals surface area contributed by atoms with Crippen LogP contribution in [0.2, 0.25) is 0 Å². The molecular formula is C20H38N4O3. The van der Waals surface area contributed by atoms with Gasteiger partial charge in [-0.25, -0.2) is 4.99 Å². The molecule has 7 heteroatoms. The minimum Gasteiger partial charge on any atom is -0.378 e. The number of carbonyl (C=O) groups is 1. The van der Waals surface area contributed by atoms with E-state index in [1.54, 1.807) is 19.0 Å². The lowest BCUT2D eigenvalue weighted by atomic mass is 9.98. The second kappa shape index (κ2) is 12.2. The summed E-state index contributed by atoms with van der Waals surface area (Å²) in [7, 11) is 3.50. The first-order valence-electron chi connectivity index (χ1n) is 10.6. The van der Waals surface area contributed by atoms with Gasteiger partial charge in [0, 0.05) is 40.4 Å². The molecule has 27 heavy (non-hydrogen) atoms. The van der Waals surface area contributed by atoms with E-state index in [-0.39, 0.29) is 18.6 Å². The number of rotatable bonds is 10. The summed E-state index contributed by atoms with van der Waals surface area (Å²) in [6, 6.07) is 0. The molecular weight excluding hydrogens is 344 g/mol. The molecule has 2 fully saturated rings. The molecule has 0 bridgehead atoms. The molecule has 2 rings (SSSR count). The molecule has 2 aliphatic rings. The minimum atomic E-state index is -0.00800. The van der Waals surface area contributed by atoms with Gasteiger partial charge >= 0.3 is 0 Å². The largest absolute Gasteiger partial charge is 0.378 e. The van der Waals surface area contributed by atoms with Crippen molar-refractivity contribution in [1.82, 2.24) is 15.5 Å². The van der Waals surface area contributed by atoms with E-state index in [1.807, 2.05) is 0 Å². The number of ether oxygens (including phenoxy) is 2. The minimum absolute atomic E-state index is 0.00800. The van der Waals surface area contributed by atoms with Gasteiger partial charge in [0.25, 0.3) is 0 Å². The summed E-state index contributed by atoms with van der Waals surface area (Å²) < 4.78 is 11.7. The maximum absolute atomic E-state index is 11.9. The lowest BCUT2D eigenvalue weighted by molar-refractivity contribution is -0.127. The first-order chi connectivity index (χ1) is 13.1. The third-order valence-corrected chi connectivity index (χ3v) is 5.42. The zero-order chi connectivity index (χ0) is 19.5. The van der Waals surface area contributed by atoms with E-state index in [0.29, 0.717) is 18.0 Å². The fourth-order valence-corrected chi connectivity index (χ4v) is 3.81. The third-order valence-electron chi connectivity index (χ3n) is 5.42. The van der Waals surface area contributed by atoms with E-state index in [1.165, 1.54) is 25.7 Å². The van der Waals surface area contributed by atoms with Crippen LogP contribution in [0, 0.1) is 5.92 Å². The van der Waals surface area contributed by atoms with Crippen LogP contribution in [0.3, 0.4) is 0 Å². The summed E-state index contributed by atoms with van der Waals surface area (Å²) in [5.41, 5.74) is 0. The molecule has 0 spiro atoms. The number of aliphatic imine (C=N–C) groups is 1. The van der Waals surface area contributed by atoms with Gasteiger partial charge in [0.15, 0.2) is 5.96 Å². The van der Waals surface area contributed by atoms with E-state index in [2.05, 4.69) is 22.5 Å². The molecule has 0 aromatic heterocycles. The SMILES string of the molecule is CCOC(CCNC(=NCC(=O)N(C)C)NCC1CCCO1)C1CCCC1. The molecule has 2 unspecified atom stereocenters. The lowest BCUT2D eigenvalue weighted by Gasteiger charge is -2.24. The van der Waals surface area contributed by atoms with Crippen molar-refractivity contribution < 1.29 is 14.3 Å². The second-order valence-electron chi connectivity index (χ2n) is 7.72. The van der Waals surface area contributed by atoms with Gasteiger partial charge in [-0.15, -0.1) is 0 Å². The van der Waals surface area contributed by atoms with Crippen LogP contribution in [0.1, 0.15) is 51.9 Å². The van der Waals surface area contributed by atoms with Crippen LogP contribution in [0.4, 0.5) is 0 Å². The number of guanidine groups is 1. The van der Waals surface area contributed by atoms with Gasteiger partial charge in [0.2, 0.25) is 5.91 Å². The predicted octanol–water partition coefficient (Wildman–Crippen LogP) is 1.77. The average Bonchev–Trinajstić information content (AvgIpc) is 3.36. The fraction of sp³-hybridized carbons (Fsp3) is 0.900. The van der Waals surface area contributed by atoms with Crippen LogP contribution in [0.15, 0.2) is 4.99 Å². The zero-order valence-electron chi connectivity index (χ0n) is 17.3. The maximum Gasteiger partial charge on any atom is 0.243 e. The molecule has 0 aromatic rings. The highest BCUT2D eigenvalue weighted by Crippen LogP contribution is 2.30. The predicted molar refractivity (Wildman–Crippen MR) is 108 cm³/mol. The molecule has 1 saturated carbocycles. The molecule has 1 aliphatic heterocycles. The number of nitrogens with one attached hydrogen (secondary N) is 2. The Hall–Kier alpha value is -1.34. The summed E-state index contributed by atoms with van der Waals surface area (Å²) in [6.45, 7) is 5.32. The van der Waals surface area contributed by atoms with Crippen molar-refractivity contribution in [2.24, 2.45) is 10.9 Å². The van der Waals surface area contributed by atoms with Crippen molar-refractivity contribution in [3.05, 3.63) is 0 Å². The summed E-state index contributed by atoms with van der Waals surface area (Å²) in [5, 5.41) is 6.72. The van der Waals surface area contributed by atoms with Crippen molar-refractivity contribution in [3.63, 3.8) is 0 Å². The molecule has 2 N–H and O–H groups in total. The van der Waals surface area contributed by atoms with Crippen molar-refractivity contribution in [3.8, 4) is 0 Å². The quantitative estimate of drug-likeness (QED) is 0.445. The Labute approximate surface area is 164 Å². The maximum atomic E-state index is 11.9. The van der Waals surface area contributed by atoms with Gasteiger partial charge in [-0.3, -0.25) is 4.79 Å². The third kappa shape index (κ3) is 8.05. The molecule has 0 radical (unpaired) electrons. The Morgan fingerprint density at radius 1 is 1.22 bits per heavy atom. The highest BCUT2D eigenvalue weighted by atomic mass is 16.5. The Morgan fingerprint density at radius 2 is 2.00 bits per heavy atom. The zero-order valence-corrected chi connectivity index (χ0v) is 17.3. The van der Waals surface area contributed by atoms with Gasteiger partial charge in [-0.05, 0) is 44.9 Å². The first-order valence-corrected chi connectivity index (χ1v) is 10.6. The highest BCUT2D eigenvalue weighted by molar-refractivity contribution is 5.84. The molecule has 0 aromatic carbocycles. The van der Waals surface area contributed by atoms with Crippen molar-refractivity contribution in [1.29, 1.82) is 0 Å². The number of amides is 1. The first kappa shape index (κ1) is 22.0. The standard InChI is InChI=1S/C20H38N4O3/c1-4-26-18(16-8-5-6-9-16)11-12-21-20(23-15-19(25)24(2)3)22-14-17-10-7-13-27-17/h16-18H,4-15H2,1-3H3,(H2,21,22,23). The van der Waals surface area contributed by atoms with Gasteiger partial charge in [0.1, 0.15) is 6.54 Å². The molecule has 2 atom stereocenters. The number of hydrogen-bond acceptors (Lipinski definition) is 4. The Balaban J connectivity index is 1.82. The number of carbonyl (C=O) groups excluding carboxylic acids is 1. The summed E-state index contributed by atoms with van der Waals surface area (Å²) >= 11 is 0. The summed E-state index contributed by atoms with van der Waals surface area (Å²) in [4.78, 5) is 17.9. The molecule has 1 aliphatic carbocycles. The molecule has 156 valence electrons. The number of nitrogens with zero attached hydrogens (tertiary/aromatic N) is 2. The van der Waals surface area contributed by atoms with Crippen molar-refractivity contribution in [2.75, 3.05) is 46.9 Å². The summed E-state index contributed by atoms with van der Waals surface area (Å²) in [6.07, 6.45) is 8.90. The second-order valence-corrected chi connectivity index (χ2v) is 7.72. The highest BCUT2D eigenvalue weighted by Gasteiger charge is 2.25. The van der Waals surface area contributed by atoms with Crippen LogP contribution < -0.4 is 10.6 Å². The molecule has 1 heterocycles. The van der Waals surface area contributed by atoms with Gasteiger partial charge in [-0.2, -0.15) is 0 Å². The topological polar surface area (TPSA) is 75.2 Å². The Bertz CT molecular complexity index is 458. The van der Waals surface area contributed by atoms with E-state index in [0.717, 1.165) is 45.6 Å². The Morgan fingerprint density at radius 3 is 2.63 bits per heavy atom. The average molecular weight is 383 g/mol. The van der Waals surface area contributed by atoms with E-state index < -0.39 is 0 Å². The summed E-state index contributed by atoms with van der Waals surface area (Å²) in [5.74, 6) is 1.36. The number of hydrogen-bond donors (Lipinski definition) is 2. The van der Waals surface area contributed by atoms with Crippen molar-refractivity contribution >= 4 is 11.9 Å². The van der Waals surface area contributed by atoms with Gasteiger partial charge in [-0.1, -0.05) is 12.8 Å². The molecule has 1 amide bonds. The van der Waals surface area contributed by atoms with Crippen LogP contribution in [-0.2, 0) is 14.3 Å². The van der Waals surface area contributed by atoms with E-state index in [4.69, 9.17) is 9.47 Å². The van der Waals surface area contributed by atoms with Gasteiger partial charge < -0.3 is 25.0 Å². The molecule has 1 saturated heterocycles. The van der Waals surface area contributed by atoms with Crippen molar-refractivity contribution in [2.45, 2.75) is 64.1 Å². The lowest BCUT2D eigenvalue weighted by Crippen LogP contribution is -2.43. The van der Waals surface area contributed by atoms with Crippen LogP contribution >= 0.6 is 0 Å². The van der Waals surface area contributed by atoms with Crippen LogP contribution in [0.5, 0.6) is 0 Å². The monoisotopic (exact) mass is 382 g/mol. The smallest absolute Gasteiger partial charge is 0.243 e.